The smallest absolute Gasteiger partial charge is 0.283 e. The third kappa shape index (κ3) is 4.62. The fourth-order valence-electron chi connectivity index (χ4n) is 4.41. The van der Waals surface area contributed by atoms with E-state index in [0.717, 1.165) is 22.4 Å². The van der Waals surface area contributed by atoms with Crippen molar-refractivity contribution in [3.63, 3.8) is 0 Å². The van der Waals surface area contributed by atoms with Crippen molar-refractivity contribution in [2.75, 3.05) is 16.8 Å². The Morgan fingerprint density at radius 3 is 2.39 bits per heavy atom. The molecule has 8 heteroatoms. The molecule has 0 saturated heterocycles. The zero-order valence-electron chi connectivity index (χ0n) is 19.6. The standard InChI is InChI=1S/C28H23Cl2N3O3/c1-17-6-11-22(15-23(17)29)33-27(35)25(30)26(28(33)36)31-21-9-7-18(8-10-21)14-24(34)32-13-12-19-4-2-3-5-20(19)16-32/h2-11,15,31H,12-14,16H2,1H3. The number of rotatable bonds is 5. The van der Waals surface area contributed by atoms with Crippen LogP contribution < -0.4 is 10.2 Å². The first kappa shape index (κ1) is 24.1. The molecule has 2 aliphatic rings. The summed E-state index contributed by atoms with van der Waals surface area (Å²) in [6.45, 7) is 3.17. The number of amides is 3. The molecule has 0 spiro atoms. The Kier molecular flexibility index (Phi) is 6.56. The molecule has 1 N–H and O–H groups in total. The molecule has 0 radical (unpaired) electrons. The van der Waals surface area contributed by atoms with Gasteiger partial charge in [0.2, 0.25) is 5.91 Å². The van der Waals surface area contributed by atoms with Crippen LogP contribution in [0.15, 0.2) is 77.5 Å². The molecule has 0 fully saturated rings. The molecule has 3 aromatic rings. The number of benzene rings is 3. The number of nitrogens with zero attached hydrogens (tertiary/aromatic N) is 2. The summed E-state index contributed by atoms with van der Waals surface area (Å²) in [7, 11) is 0. The minimum absolute atomic E-state index is 0.00540. The van der Waals surface area contributed by atoms with Crippen LogP contribution in [0.1, 0.15) is 22.3 Å². The van der Waals surface area contributed by atoms with Crippen molar-refractivity contribution in [3.05, 3.63) is 105 Å². The maximum Gasteiger partial charge on any atom is 0.283 e. The van der Waals surface area contributed by atoms with E-state index in [0.29, 0.717) is 29.5 Å². The maximum atomic E-state index is 13.0. The third-order valence-corrected chi connectivity index (χ3v) is 7.26. The first-order chi connectivity index (χ1) is 17.3. The maximum absolute atomic E-state index is 13.0. The van der Waals surface area contributed by atoms with E-state index in [1.54, 1.807) is 30.3 Å². The third-order valence-electron chi connectivity index (χ3n) is 6.50. The molecular formula is C28H23Cl2N3O3. The van der Waals surface area contributed by atoms with Crippen molar-refractivity contribution in [2.24, 2.45) is 0 Å². The highest BCUT2D eigenvalue weighted by Gasteiger charge is 2.39. The number of fused-ring (bicyclic) bond motifs is 1. The molecule has 0 saturated carbocycles. The van der Waals surface area contributed by atoms with Crippen molar-refractivity contribution in [1.29, 1.82) is 0 Å². The number of aryl methyl sites for hydroxylation is 1. The predicted molar refractivity (Wildman–Crippen MR) is 141 cm³/mol. The number of hydrogen-bond donors (Lipinski definition) is 1. The summed E-state index contributed by atoms with van der Waals surface area (Å²) in [6, 6.07) is 20.3. The number of carbonyl (C=O) groups is 3. The summed E-state index contributed by atoms with van der Waals surface area (Å²) < 4.78 is 0. The topological polar surface area (TPSA) is 69.7 Å². The average molecular weight is 520 g/mol. The van der Waals surface area contributed by atoms with E-state index < -0.39 is 11.8 Å². The summed E-state index contributed by atoms with van der Waals surface area (Å²) >= 11 is 12.4. The zero-order valence-corrected chi connectivity index (χ0v) is 21.1. The van der Waals surface area contributed by atoms with Gasteiger partial charge in [-0.2, -0.15) is 0 Å². The largest absolute Gasteiger partial charge is 0.350 e. The highest BCUT2D eigenvalue weighted by Crippen LogP contribution is 2.32. The van der Waals surface area contributed by atoms with Crippen molar-refractivity contribution in [1.82, 2.24) is 4.90 Å². The van der Waals surface area contributed by atoms with Gasteiger partial charge in [0, 0.05) is 23.8 Å². The molecule has 0 atom stereocenters. The number of carbonyl (C=O) groups excluding carboxylic acids is 3. The van der Waals surface area contributed by atoms with Gasteiger partial charge in [-0.3, -0.25) is 14.4 Å². The van der Waals surface area contributed by atoms with E-state index in [1.807, 2.05) is 36.1 Å². The second-order valence-corrected chi connectivity index (χ2v) is 9.69. The molecule has 0 bridgehead atoms. The first-order valence-electron chi connectivity index (χ1n) is 11.6. The fourth-order valence-corrected chi connectivity index (χ4v) is 4.80. The molecule has 0 aromatic heterocycles. The lowest BCUT2D eigenvalue weighted by molar-refractivity contribution is -0.131. The molecule has 0 aliphatic carbocycles. The molecule has 5 rings (SSSR count). The highest BCUT2D eigenvalue weighted by atomic mass is 35.5. The lowest BCUT2D eigenvalue weighted by atomic mass is 9.99. The molecule has 182 valence electrons. The zero-order chi connectivity index (χ0) is 25.4. The summed E-state index contributed by atoms with van der Waals surface area (Å²) in [5, 5.41) is 3.21. The van der Waals surface area contributed by atoms with Gasteiger partial charge in [0.25, 0.3) is 11.8 Å². The van der Waals surface area contributed by atoms with Crippen molar-refractivity contribution in [3.8, 4) is 0 Å². The molecular weight excluding hydrogens is 497 g/mol. The Morgan fingerprint density at radius 1 is 0.944 bits per heavy atom. The van der Waals surface area contributed by atoms with Crippen LogP contribution >= 0.6 is 23.2 Å². The number of hydrogen-bond acceptors (Lipinski definition) is 4. The highest BCUT2D eigenvalue weighted by molar-refractivity contribution is 6.53. The Bertz CT molecular complexity index is 1420. The van der Waals surface area contributed by atoms with Gasteiger partial charge in [0.1, 0.15) is 10.7 Å². The number of nitrogens with one attached hydrogen (secondary N) is 1. The Labute approximate surface area is 219 Å². The van der Waals surface area contributed by atoms with E-state index in [9.17, 15) is 14.4 Å². The van der Waals surface area contributed by atoms with Crippen molar-refractivity contribution < 1.29 is 14.4 Å². The van der Waals surface area contributed by atoms with E-state index in [2.05, 4.69) is 17.4 Å². The Morgan fingerprint density at radius 2 is 1.67 bits per heavy atom. The summed E-state index contributed by atoms with van der Waals surface area (Å²) in [6.07, 6.45) is 1.14. The molecule has 2 heterocycles. The van der Waals surface area contributed by atoms with Gasteiger partial charge in [-0.05, 0) is 59.9 Å². The SMILES string of the molecule is Cc1ccc(N2C(=O)C(Cl)=C(Nc3ccc(CC(=O)N4CCc5ccccc5C4)cc3)C2=O)cc1Cl. The van der Waals surface area contributed by atoms with Crippen LogP contribution in [-0.4, -0.2) is 29.2 Å². The van der Waals surface area contributed by atoms with Crippen molar-refractivity contribution >= 4 is 52.3 Å². The van der Waals surface area contributed by atoms with E-state index in [4.69, 9.17) is 23.2 Å². The minimum Gasteiger partial charge on any atom is -0.350 e. The Hall–Kier alpha value is -3.61. The summed E-state index contributed by atoms with van der Waals surface area (Å²) in [5.74, 6) is -1.11. The van der Waals surface area contributed by atoms with Gasteiger partial charge in [-0.1, -0.05) is 65.7 Å². The molecule has 0 unspecified atom stereocenters. The van der Waals surface area contributed by atoms with Gasteiger partial charge in [0.15, 0.2) is 0 Å². The van der Waals surface area contributed by atoms with Crippen LogP contribution in [0.4, 0.5) is 11.4 Å². The monoisotopic (exact) mass is 519 g/mol. The van der Waals surface area contributed by atoms with Crippen LogP contribution in [0.25, 0.3) is 0 Å². The molecule has 3 amide bonds. The number of imide groups is 1. The Balaban J connectivity index is 1.25. The fraction of sp³-hybridized carbons (Fsp3) is 0.179. The number of anilines is 2. The molecule has 3 aromatic carbocycles. The normalized spacial score (nSPS) is 15.4. The predicted octanol–water partition coefficient (Wildman–Crippen LogP) is 5.21. The number of halogens is 2. The molecule has 36 heavy (non-hydrogen) atoms. The summed E-state index contributed by atoms with van der Waals surface area (Å²) in [4.78, 5) is 41.5. The lowest BCUT2D eigenvalue weighted by Gasteiger charge is -2.29. The van der Waals surface area contributed by atoms with Crippen LogP contribution in [0, 0.1) is 6.92 Å². The molecule has 2 aliphatic heterocycles. The van der Waals surface area contributed by atoms with Gasteiger partial charge >= 0.3 is 0 Å². The van der Waals surface area contributed by atoms with E-state index >= 15 is 0 Å². The van der Waals surface area contributed by atoms with Gasteiger partial charge in [-0.25, -0.2) is 4.90 Å². The minimum atomic E-state index is -0.616. The van der Waals surface area contributed by atoms with Gasteiger partial charge < -0.3 is 10.2 Å². The molecule has 6 nitrogen and oxygen atoms in total. The summed E-state index contributed by atoms with van der Waals surface area (Å²) in [5.41, 5.74) is 5.11. The average Bonchev–Trinajstić information content (AvgIpc) is 3.09. The van der Waals surface area contributed by atoms with Crippen LogP contribution in [-0.2, 0) is 33.8 Å². The van der Waals surface area contributed by atoms with Crippen LogP contribution in [0.3, 0.4) is 0 Å². The first-order valence-corrected chi connectivity index (χ1v) is 12.3. The van der Waals surface area contributed by atoms with Gasteiger partial charge in [-0.15, -0.1) is 0 Å². The van der Waals surface area contributed by atoms with Crippen molar-refractivity contribution in [2.45, 2.75) is 26.3 Å². The van der Waals surface area contributed by atoms with E-state index in [-0.39, 0.29) is 23.1 Å². The van der Waals surface area contributed by atoms with Crippen LogP contribution in [0.2, 0.25) is 5.02 Å². The lowest BCUT2D eigenvalue weighted by Crippen LogP contribution is -2.36. The quantitative estimate of drug-likeness (QED) is 0.469. The van der Waals surface area contributed by atoms with Gasteiger partial charge in [0.05, 0.1) is 12.1 Å². The van der Waals surface area contributed by atoms with Crippen LogP contribution in [0.5, 0.6) is 0 Å². The second kappa shape index (κ2) is 9.80. The van der Waals surface area contributed by atoms with E-state index in [1.165, 1.54) is 11.1 Å². The second-order valence-electron chi connectivity index (χ2n) is 8.90.